The number of carbonyl (C=O) groups excluding carboxylic acids is 1. The van der Waals surface area contributed by atoms with Crippen molar-refractivity contribution in [1.82, 2.24) is 10.3 Å². The maximum Gasteiger partial charge on any atom is 0.407 e. The average Bonchev–Trinajstić information content (AvgIpc) is 2.52. The molecule has 0 fully saturated rings. The van der Waals surface area contributed by atoms with E-state index < -0.39 is 5.60 Å². The minimum atomic E-state index is -0.439. The number of unbranched alkanes of at least 4 members (excludes halogenated alkanes) is 3. The molecule has 0 aliphatic heterocycles. The summed E-state index contributed by atoms with van der Waals surface area (Å²) in [6.07, 6.45) is 5.05. The Morgan fingerprint density at radius 1 is 1.16 bits per heavy atom. The largest absolute Gasteiger partial charge is 0.444 e. The van der Waals surface area contributed by atoms with E-state index in [4.69, 9.17) is 4.74 Å². The van der Waals surface area contributed by atoms with Crippen LogP contribution in [0, 0.1) is 0 Å². The van der Waals surface area contributed by atoms with E-state index in [9.17, 15) is 4.79 Å². The molecule has 0 unspecified atom stereocenters. The molecule has 0 aliphatic rings. The summed E-state index contributed by atoms with van der Waals surface area (Å²) in [5.41, 5.74) is 1.93. The third-order valence-corrected chi connectivity index (χ3v) is 4.22. The van der Waals surface area contributed by atoms with Crippen LogP contribution in [-0.4, -0.2) is 23.2 Å². The zero-order chi connectivity index (χ0) is 18.3. The quantitative estimate of drug-likeness (QED) is 0.478. The number of aromatic nitrogens is 1. The Hall–Kier alpha value is -1.62. The maximum absolute atomic E-state index is 11.5. The molecule has 1 aromatic heterocycles. The highest BCUT2D eigenvalue weighted by atomic mass is 79.9. The molecule has 0 bridgehead atoms. The Balaban J connectivity index is 1.68. The summed E-state index contributed by atoms with van der Waals surface area (Å²) in [4.78, 5) is 16.1. The van der Waals surface area contributed by atoms with Crippen LogP contribution >= 0.6 is 15.9 Å². The summed E-state index contributed by atoms with van der Waals surface area (Å²) in [6, 6.07) is 10.4. The second-order valence-corrected chi connectivity index (χ2v) is 8.03. The molecule has 0 saturated carbocycles. The smallest absolute Gasteiger partial charge is 0.407 e. The van der Waals surface area contributed by atoms with E-state index >= 15 is 0 Å². The molecule has 0 radical (unpaired) electrons. The fraction of sp³-hybridized carbons (Fsp3) is 0.500. The number of halogens is 1. The molecular formula is C20H27BrN2O2. The molecule has 25 heavy (non-hydrogen) atoms. The minimum Gasteiger partial charge on any atom is -0.444 e. The third-order valence-electron chi connectivity index (χ3n) is 3.81. The van der Waals surface area contributed by atoms with Gasteiger partial charge in [-0.3, -0.25) is 0 Å². The predicted octanol–water partition coefficient (Wildman–Crippen LogP) is 5.62. The van der Waals surface area contributed by atoms with Gasteiger partial charge in [0.15, 0.2) is 0 Å². The number of rotatable bonds is 7. The number of benzene rings is 1. The SMILES string of the molecule is CC(C)(C)OC(=O)NCCCCCCc1cc(Br)nc2ccccc12. The van der Waals surface area contributed by atoms with Crippen LogP contribution in [0.15, 0.2) is 34.9 Å². The van der Waals surface area contributed by atoms with Gasteiger partial charge in [-0.15, -0.1) is 0 Å². The van der Waals surface area contributed by atoms with Crippen LogP contribution in [-0.2, 0) is 11.2 Å². The number of pyridine rings is 1. The van der Waals surface area contributed by atoms with Crippen molar-refractivity contribution in [2.45, 2.75) is 58.5 Å². The minimum absolute atomic E-state index is 0.333. The molecule has 1 amide bonds. The zero-order valence-electron chi connectivity index (χ0n) is 15.3. The van der Waals surface area contributed by atoms with Crippen molar-refractivity contribution >= 4 is 32.9 Å². The van der Waals surface area contributed by atoms with Gasteiger partial charge in [-0.25, -0.2) is 9.78 Å². The summed E-state index contributed by atoms with van der Waals surface area (Å²) in [6.45, 7) is 6.27. The van der Waals surface area contributed by atoms with Gasteiger partial charge >= 0.3 is 6.09 Å². The topological polar surface area (TPSA) is 51.2 Å². The second kappa shape index (κ2) is 9.18. The molecule has 0 atom stereocenters. The summed E-state index contributed by atoms with van der Waals surface area (Å²) in [5, 5.41) is 4.04. The fourth-order valence-corrected chi connectivity index (χ4v) is 3.18. The number of para-hydroxylation sites is 1. The lowest BCUT2D eigenvalue weighted by molar-refractivity contribution is 0.0527. The number of ether oxygens (including phenoxy) is 1. The van der Waals surface area contributed by atoms with Gasteiger partial charge in [-0.05, 0) is 73.7 Å². The van der Waals surface area contributed by atoms with Crippen LogP contribution in [0.4, 0.5) is 4.79 Å². The fourth-order valence-electron chi connectivity index (χ4n) is 2.72. The van der Waals surface area contributed by atoms with Crippen molar-refractivity contribution in [2.24, 2.45) is 0 Å². The number of hydrogen-bond acceptors (Lipinski definition) is 3. The van der Waals surface area contributed by atoms with Gasteiger partial charge in [0.2, 0.25) is 0 Å². The first-order valence-electron chi connectivity index (χ1n) is 8.86. The lowest BCUT2D eigenvalue weighted by atomic mass is 10.0. The number of fused-ring (bicyclic) bond motifs is 1. The van der Waals surface area contributed by atoms with Crippen LogP contribution in [0.5, 0.6) is 0 Å². The number of alkyl carbamates (subject to hydrolysis) is 1. The number of carbonyl (C=O) groups is 1. The first-order valence-corrected chi connectivity index (χ1v) is 9.65. The van der Waals surface area contributed by atoms with Crippen LogP contribution < -0.4 is 5.32 Å². The molecular weight excluding hydrogens is 380 g/mol. The van der Waals surface area contributed by atoms with Gasteiger partial charge in [-0.1, -0.05) is 31.0 Å². The number of nitrogens with one attached hydrogen (secondary N) is 1. The third kappa shape index (κ3) is 7.02. The maximum atomic E-state index is 11.5. The van der Waals surface area contributed by atoms with E-state index in [1.165, 1.54) is 10.9 Å². The van der Waals surface area contributed by atoms with Crippen LogP contribution in [0.2, 0.25) is 0 Å². The first kappa shape index (κ1) is 19.7. The number of aryl methyl sites for hydroxylation is 1. The van der Waals surface area contributed by atoms with Gasteiger partial charge in [0, 0.05) is 11.9 Å². The van der Waals surface area contributed by atoms with Crippen molar-refractivity contribution in [3.8, 4) is 0 Å². The highest BCUT2D eigenvalue weighted by Gasteiger charge is 2.15. The molecule has 5 heteroatoms. The highest BCUT2D eigenvalue weighted by Crippen LogP contribution is 2.22. The number of nitrogens with zero attached hydrogens (tertiary/aromatic N) is 1. The van der Waals surface area contributed by atoms with E-state index in [0.29, 0.717) is 6.54 Å². The van der Waals surface area contributed by atoms with Gasteiger partial charge < -0.3 is 10.1 Å². The summed E-state index contributed by atoms with van der Waals surface area (Å²) >= 11 is 3.50. The Morgan fingerprint density at radius 3 is 2.64 bits per heavy atom. The van der Waals surface area contributed by atoms with Crippen molar-refractivity contribution in [3.63, 3.8) is 0 Å². The van der Waals surface area contributed by atoms with Gasteiger partial charge in [-0.2, -0.15) is 0 Å². The van der Waals surface area contributed by atoms with Gasteiger partial charge in [0.05, 0.1) is 5.52 Å². The average molecular weight is 407 g/mol. The Labute approximate surface area is 158 Å². The molecule has 136 valence electrons. The first-order chi connectivity index (χ1) is 11.8. The summed E-state index contributed by atoms with van der Waals surface area (Å²) in [5.74, 6) is 0. The molecule has 1 aromatic carbocycles. The molecule has 0 saturated heterocycles. The van der Waals surface area contributed by atoms with Crippen molar-refractivity contribution < 1.29 is 9.53 Å². The second-order valence-electron chi connectivity index (χ2n) is 7.21. The van der Waals surface area contributed by atoms with Crippen LogP contribution in [0.3, 0.4) is 0 Å². The molecule has 2 aromatic rings. The van der Waals surface area contributed by atoms with Gasteiger partial charge in [0.1, 0.15) is 10.2 Å². The summed E-state index contributed by atoms with van der Waals surface area (Å²) in [7, 11) is 0. The molecule has 1 heterocycles. The predicted molar refractivity (Wildman–Crippen MR) is 106 cm³/mol. The Kier molecular flexibility index (Phi) is 7.24. The van der Waals surface area contributed by atoms with E-state index in [-0.39, 0.29) is 6.09 Å². The van der Waals surface area contributed by atoms with Crippen molar-refractivity contribution in [1.29, 1.82) is 0 Å². The van der Waals surface area contributed by atoms with Crippen molar-refractivity contribution in [2.75, 3.05) is 6.54 Å². The summed E-state index contributed by atoms with van der Waals surface area (Å²) < 4.78 is 6.11. The Bertz CT molecular complexity index is 710. The molecule has 2 rings (SSSR count). The highest BCUT2D eigenvalue weighted by molar-refractivity contribution is 9.10. The van der Waals surface area contributed by atoms with Crippen LogP contribution in [0.1, 0.15) is 52.0 Å². The molecule has 0 spiro atoms. The number of hydrogen-bond donors (Lipinski definition) is 1. The van der Waals surface area contributed by atoms with Gasteiger partial charge in [0.25, 0.3) is 0 Å². The van der Waals surface area contributed by atoms with E-state index in [0.717, 1.165) is 42.2 Å². The zero-order valence-corrected chi connectivity index (χ0v) is 16.9. The lowest BCUT2D eigenvalue weighted by Crippen LogP contribution is -2.32. The Morgan fingerprint density at radius 2 is 1.88 bits per heavy atom. The molecule has 4 nitrogen and oxygen atoms in total. The van der Waals surface area contributed by atoms with Crippen molar-refractivity contribution in [3.05, 3.63) is 40.5 Å². The van der Waals surface area contributed by atoms with E-state index in [1.54, 1.807) is 0 Å². The normalized spacial score (nSPS) is 11.5. The molecule has 1 N–H and O–H groups in total. The van der Waals surface area contributed by atoms with Crippen LogP contribution in [0.25, 0.3) is 10.9 Å². The number of amides is 1. The molecule has 0 aliphatic carbocycles. The standard InChI is InChI=1S/C20H27BrN2O2/c1-20(2,3)25-19(24)22-13-9-5-4-6-10-15-14-18(21)23-17-12-8-7-11-16(15)17/h7-8,11-12,14H,4-6,9-10,13H2,1-3H3,(H,22,24). The van der Waals surface area contributed by atoms with E-state index in [2.05, 4.69) is 44.4 Å². The lowest BCUT2D eigenvalue weighted by Gasteiger charge is -2.19. The van der Waals surface area contributed by atoms with E-state index in [1.807, 2.05) is 32.9 Å². The monoisotopic (exact) mass is 406 g/mol.